The molecule has 0 unspecified atom stereocenters. The average Bonchev–Trinajstić information content (AvgIpc) is 2.56. The van der Waals surface area contributed by atoms with Crippen molar-refractivity contribution in [2.75, 3.05) is 26.1 Å². The largest absolute Gasteiger partial charge is 0.497 e. The van der Waals surface area contributed by atoms with Crippen LogP contribution in [0, 0.1) is 0 Å². The van der Waals surface area contributed by atoms with Crippen LogP contribution in [0.2, 0.25) is 0 Å². The molecule has 0 spiro atoms. The topological polar surface area (TPSA) is 68.9 Å². The molecule has 0 aliphatic heterocycles. The number of nitrogens with zero attached hydrogens (tertiary/aromatic N) is 1. The van der Waals surface area contributed by atoms with Gasteiger partial charge in [-0.2, -0.15) is 0 Å². The van der Waals surface area contributed by atoms with Crippen molar-refractivity contribution in [2.24, 2.45) is 10.7 Å². The molecule has 0 fully saturated rings. The fourth-order valence-electron chi connectivity index (χ4n) is 2.07. The molecule has 124 valence electrons. The monoisotopic (exact) mass is 427 g/mol. The van der Waals surface area contributed by atoms with E-state index in [9.17, 15) is 0 Å². The van der Waals surface area contributed by atoms with Crippen LogP contribution in [0.25, 0.3) is 0 Å². The lowest BCUT2D eigenvalue weighted by Crippen LogP contribution is -2.23. The van der Waals surface area contributed by atoms with E-state index < -0.39 is 0 Å². The minimum absolute atomic E-state index is 0. The van der Waals surface area contributed by atoms with E-state index in [-0.39, 0.29) is 24.0 Å². The summed E-state index contributed by atoms with van der Waals surface area (Å²) in [4.78, 5) is 4.33. The predicted molar refractivity (Wildman–Crippen MR) is 105 cm³/mol. The van der Waals surface area contributed by atoms with E-state index in [1.54, 1.807) is 14.2 Å². The molecule has 0 saturated heterocycles. The number of para-hydroxylation sites is 1. The molecule has 0 aromatic heterocycles. The van der Waals surface area contributed by atoms with Crippen molar-refractivity contribution in [3.63, 3.8) is 0 Å². The standard InChI is InChI=1S/C17H21N3O2.HI/c1-21-15-9-7-14(8-10-15)20-17(18)19-12-11-13-5-3-4-6-16(13)22-2;/h3-10H,11-12H2,1-2H3,(H3,18,19,20);1H. The molecule has 2 aromatic carbocycles. The maximum absolute atomic E-state index is 5.89. The average molecular weight is 427 g/mol. The summed E-state index contributed by atoms with van der Waals surface area (Å²) < 4.78 is 10.4. The number of nitrogens with one attached hydrogen (secondary N) is 1. The summed E-state index contributed by atoms with van der Waals surface area (Å²) in [5, 5.41) is 3.05. The van der Waals surface area contributed by atoms with Crippen molar-refractivity contribution in [3.05, 3.63) is 54.1 Å². The van der Waals surface area contributed by atoms with Crippen LogP contribution in [0.3, 0.4) is 0 Å². The Kier molecular flexibility index (Phi) is 8.25. The summed E-state index contributed by atoms with van der Waals surface area (Å²) in [6, 6.07) is 15.4. The smallest absolute Gasteiger partial charge is 0.193 e. The van der Waals surface area contributed by atoms with Crippen LogP contribution < -0.4 is 20.5 Å². The maximum Gasteiger partial charge on any atom is 0.193 e. The zero-order valence-corrected chi connectivity index (χ0v) is 15.6. The second kappa shape index (κ2) is 9.94. The van der Waals surface area contributed by atoms with Gasteiger partial charge in [-0.1, -0.05) is 18.2 Å². The van der Waals surface area contributed by atoms with E-state index in [2.05, 4.69) is 10.3 Å². The molecule has 2 aromatic rings. The van der Waals surface area contributed by atoms with E-state index in [4.69, 9.17) is 15.2 Å². The van der Waals surface area contributed by atoms with Crippen LogP contribution in [0.4, 0.5) is 5.69 Å². The van der Waals surface area contributed by atoms with Gasteiger partial charge >= 0.3 is 0 Å². The highest BCUT2D eigenvalue weighted by atomic mass is 127. The Morgan fingerprint density at radius 3 is 2.39 bits per heavy atom. The Labute approximate surface area is 153 Å². The Balaban J connectivity index is 0.00000264. The zero-order valence-electron chi connectivity index (χ0n) is 13.3. The lowest BCUT2D eigenvalue weighted by atomic mass is 10.1. The van der Waals surface area contributed by atoms with Crippen molar-refractivity contribution in [1.82, 2.24) is 0 Å². The number of rotatable bonds is 6. The summed E-state index contributed by atoms with van der Waals surface area (Å²) in [7, 11) is 3.30. The number of hydrogen-bond acceptors (Lipinski definition) is 3. The Hall–Kier alpha value is -1.96. The highest BCUT2D eigenvalue weighted by Crippen LogP contribution is 2.18. The minimum Gasteiger partial charge on any atom is -0.497 e. The number of aliphatic imine (C=N–C) groups is 1. The normalized spacial score (nSPS) is 10.6. The molecule has 0 bridgehead atoms. The van der Waals surface area contributed by atoms with Gasteiger partial charge in [0.15, 0.2) is 5.96 Å². The van der Waals surface area contributed by atoms with Gasteiger partial charge < -0.3 is 20.5 Å². The van der Waals surface area contributed by atoms with E-state index in [1.165, 1.54) is 0 Å². The molecule has 2 rings (SSSR count). The number of hydrogen-bond donors (Lipinski definition) is 2. The highest BCUT2D eigenvalue weighted by molar-refractivity contribution is 14.0. The van der Waals surface area contributed by atoms with Crippen molar-refractivity contribution in [3.8, 4) is 11.5 Å². The van der Waals surface area contributed by atoms with Crippen LogP contribution in [0.5, 0.6) is 11.5 Å². The van der Waals surface area contributed by atoms with Crippen LogP contribution in [0.1, 0.15) is 5.56 Å². The SMILES string of the molecule is COc1ccc(NC(N)=NCCc2ccccc2OC)cc1.I. The lowest BCUT2D eigenvalue weighted by Gasteiger charge is -2.08. The van der Waals surface area contributed by atoms with Gasteiger partial charge in [-0.25, -0.2) is 0 Å². The molecule has 0 amide bonds. The van der Waals surface area contributed by atoms with Gasteiger partial charge in [0.2, 0.25) is 0 Å². The first-order valence-electron chi connectivity index (χ1n) is 7.06. The Morgan fingerprint density at radius 1 is 1.04 bits per heavy atom. The lowest BCUT2D eigenvalue weighted by molar-refractivity contribution is 0.410. The van der Waals surface area contributed by atoms with Crippen molar-refractivity contribution >= 4 is 35.6 Å². The summed E-state index contributed by atoms with van der Waals surface area (Å²) in [6.45, 7) is 0.593. The first kappa shape index (κ1) is 19.1. The molecule has 0 aliphatic rings. The van der Waals surface area contributed by atoms with Gasteiger partial charge in [0.1, 0.15) is 11.5 Å². The fourth-order valence-corrected chi connectivity index (χ4v) is 2.07. The van der Waals surface area contributed by atoms with Gasteiger partial charge in [0, 0.05) is 12.2 Å². The molecule has 0 radical (unpaired) electrons. The van der Waals surface area contributed by atoms with Crippen LogP contribution in [0.15, 0.2) is 53.5 Å². The van der Waals surface area contributed by atoms with Gasteiger partial charge in [-0.3, -0.25) is 4.99 Å². The number of methoxy groups -OCH3 is 2. The van der Waals surface area contributed by atoms with E-state index in [1.807, 2.05) is 48.5 Å². The molecule has 0 aliphatic carbocycles. The van der Waals surface area contributed by atoms with Crippen molar-refractivity contribution in [1.29, 1.82) is 0 Å². The van der Waals surface area contributed by atoms with Crippen LogP contribution in [-0.4, -0.2) is 26.7 Å². The third-order valence-electron chi connectivity index (χ3n) is 3.22. The molecular weight excluding hydrogens is 405 g/mol. The van der Waals surface area contributed by atoms with Crippen LogP contribution >= 0.6 is 24.0 Å². The number of guanidine groups is 1. The summed E-state index contributed by atoms with van der Waals surface area (Å²) in [5.74, 6) is 2.07. The van der Waals surface area contributed by atoms with Crippen molar-refractivity contribution < 1.29 is 9.47 Å². The molecular formula is C17H22IN3O2. The highest BCUT2D eigenvalue weighted by Gasteiger charge is 2.01. The number of benzene rings is 2. The Bertz CT molecular complexity index is 630. The second-order valence-electron chi connectivity index (χ2n) is 4.68. The van der Waals surface area contributed by atoms with Gasteiger partial charge in [0.05, 0.1) is 14.2 Å². The summed E-state index contributed by atoms with van der Waals surface area (Å²) in [5.41, 5.74) is 7.88. The maximum atomic E-state index is 5.89. The molecule has 5 nitrogen and oxygen atoms in total. The Morgan fingerprint density at radius 2 is 1.74 bits per heavy atom. The summed E-state index contributed by atoms with van der Waals surface area (Å²) >= 11 is 0. The summed E-state index contributed by atoms with van der Waals surface area (Å²) in [6.07, 6.45) is 0.773. The van der Waals surface area contributed by atoms with Gasteiger partial charge in [-0.05, 0) is 42.3 Å². The molecule has 0 atom stereocenters. The quantitative estimate of drug-likeness (QED) is 0.422. The zero-order chi connectivity index (χ0) is 15.8. The fraction of sp³-hybridized carbons (Fsp3) is 0.235. The van der Waals surface area contributed by atoms with E-state index >= 15 is 0 Å². The molecule has 23 heavy (non-hydrogen) atoms. The molecule has 0 saturated carbocycles. The third kappa shape index (κ3) is 5.97. The van der Waals surface area contributed by atoms with Gasteiger partial charge in [0.25, 0.3) is 0 Å². The predicted octanol–water partition coefficient (Wildman–Crippen LogP) is 3.29. The molecule has 0 heterocycles. The first-order chi connectivity index (χ1) is 10.7. The van der Waals surface area contributed by atoms with E-state index in [0.29, 0.717) is 12.5 Å². The number of ether oxygens (including phenoxy) is 2. The second-order valence-corrected chi connectivity index (χ2v) is 4.68. The molecule has 6 heteroatoms. The first-order valence-corrected chi connectivity index (χ1v) is 7.06. The number of anilines is 1. The molecule has 3 N–H and O–H groups in total. The third-order valence-corrected chi connectivity index (χ3v) is 3.22. The van der Waals surface area contributed by atoms with E-state index in [0.717, 1.165) is 29.2 Å². The van der Waals surface area contributed by atoms with Gasteiger partial charge in [-0.15, -0.1) is 24.0 Å². The minimum atomic E-state index is 0. The van der Waals surface area contributed by atoms with Crippen LogP contribution in [-0.2, 0) is 6.42 Å². The number of nitrogens with two attached hydrogens (primary N) is 1. The van der Waals surface area contributed by atoms with Crippen molar-refractivity contribution in [2.45, 2.75) is 6.42 Å². The number of halogens is 1.